The van der Waals surface area contributed by atoms with Gasteiger partial charge in [0.15, 0.2) is 6.10 Å². The van der Waals surface area contributed by atoms with Crippen molar-refractivity contribution >= 4 is 17.7 Å². The Morgan fingerprint density at radius 2 is 1.82 bits per heavy atom. The number of carbonyl (C=O) groups is 3. The van der Waals surface area contributed by atoms with E-state index in [1.54, 1.807) is 0 Å². The number of hydrogen-bond donors (Lipinski definition) is 2. The number of aliphatic hydroxyl groups is 1. The molecule has 0 aromatic heterocycles. The summed E-state index contributed by atoms with van der Waals surface area (Å²) in [7, 11) is 0. The molecule has 34 heavy (non-hydrogen) atoms. The van der Waals surface area contributed by atoms with E-state index in [9.17, 15) is 24.6 Å². The quantitative estimate of drug-likeness (QED) is 0.582. The molecule has 1 heterocycles. The summed E-state index contributed by atoms with van der Waals surface area (Å²) in [4.78, 5) is 37.8. The van der Waals surface area contributed by atoms with E-state index in [1.165, 1.54) is 6.42 Å². The Bertz CT molecular complexity index is 985. The zero-order chi connectivity index (χ0) is 24.2. The highest BCUT2D eigenvalue weighted by atomic mass is 16.6. The molecule has 0 radical (unpaired) electrons. The molecule has 11 unspecified atom stereocenters. The summed E-state index contributed by atoms with van der Waals surface area (Å²) in [5.41, 5.74) is -0.851. The van der Waals surface area contributed by atoms with Crippen LogP contribution >= 0.6 is 0 Å². The molecule has 0 aromatic rings. The van der Waals surface area contributed by atoms with Gasteiger partial charge in [-0.25, -0.2) is 4.79 Å². The van der Waals surface area contributed by atoms with Gasteiger partial charge in [0.2, 0.25) is 0 Å². The van der Waals surface area contributed by atoms with Gasteiger partial charge in [-0.3, -0.25) is 9.59 Å². The Kier molecular flexibility index (Phi) is 4.80. The number of aliphatic hydroxyl groups excluding tert-OH is 1. The van der Waals surface area contributed by atoms with E-state index in [0.717, 1.165) is 38.5 Å². The second-order valence-corrected chi connectivity index (χ2v) is 13.2. The Labute approximate surface area is 201 Å². The Morgan fingerprint density at radius 1 is 1.06 bits per heavy atom. The van der Waals surface area contributed by atoms with Crippen LogP contribution in [0.2, 0.25) is 0 Å². The van der Waals surface area contributed by atoms with E-state index in [1.807, 2.05) is 13.0 Å². The SMILES string of the molecule is CC12CCCCC1C(=O)CC1C2CCC2(C)C1CC1C2C(CC(=O)O)C=C2OC(=O)C(O)C21C. The average molecular weight is 471 g/mol. The van der Waals surface area contributed by atoms with Crippen LogP contribution < -0.4 is 0 Å². The van der Waals surface area contributed by atoms with Crippen LogP contribution in [0.25, 0.3) is 0 Å². The molecule has 5 fully saturated rings. The zero-order valence-electron chi connectivity index (χ0n) is 20.6. The predicted molar refractivity (Wildman–Crippen MR) is 123 cm³/mol. The van der Waals surface area contributed by atoms with Gasteiger partial charge in [-0.15, -0.1) is 0 Å². The number of aliphatic carboxylic acids is 1. The first-order chi connectivity index (χ1) is 16.0. The Balaban J connectivity index is 1.43. The summed E-state index contributed by atoms with van der Waals surface area (Å²) in [5, 5.41) is 20.7. The largest absolute Gasteiger partial charge is 0.481 e. The zero-order valence-corrected chi connectivity index (χ0v) is 20.6. The molecule has 186 valence electrons. The highest BCUT2D eigenvalue weighted by Crippen LogP contribution is 2.73. The Morgan fingerprint density at radius 3 is 2.56 bits per heavy atom. The fourth-order valence-electron chi connectivity index (χ4n) is 10.5. The first-order valence-electron chi connectivity index (χ1n) is 13.4. The molecule has 5 aliphatic carbocycles. The van der Waals surface area contributed by atoms with Gasteiger partial charge in [-0.05, 0) is 91.4 Å². The van der Waals surface area contributed by atoms with E-state index >= 15 is 0 Å². The monoisotopic (exact) mass is 470 g/mol. The molecule has 6 heteroatoms. The molecule has 6 rings (SSSR count). The fraction of sp³-hybridized carbons (Fsp3) is 0.821. The van der Waals surface area contributed by atoms with Crippen LogP contribution in [0.5, 0.6) is 0 Å². The molecule has 0 spiro atoms. The third-order valence-corrected chi connectivity index (χ3v) is 12.0. The molecule has 4 saturated carbocycles. The lowest BCUT2D eigenvalue weighted by molar-refractivity contribution is -0.154. The summed E-state index contributed by atoms with van der Waals surface area (Å²) >= 11 is 0. The maximum absolute atomic E-state index is 13.5. The van der Waals surface area contributed by atoms with Crippen LogP contribution in [-0.4, -0.2) is 34.0 Å². The highest BCUT2D eigenvalue weighted by molar-refractivity contribution is 5.83. The van der Waals surface area contributed by atoms with E-state index in [4.69, 9.17) is 4.74 Å². The third kappa shape index (κ3) is 2.69. The van der Waals surface area contributed by atoms with E-state index < -0.39 is 23.5 Å². The number of carbonyl (C=O) groups excluding carboxylic acids is 2. The first-order valence-corrected chi connectivity index (χ1v) is 13.4. The maximum atomic E-state index is 13.5. The lowest BCUT2D eigenvalue weighted by Crippen LogP contribution is -2.56. The standard InChI is InChI=1S/C28H38O6/c1-26-8-5-4-6-17(26)20(29)12-15-16(26)7-9-27(2)18(15)13-19-23(27)14(11-22(30)31)10-21-28(19,3)24(32)25(33)34-21/h10,14-19,23-24,32H,4-9,11-13H2,1-3H3,(H,30,31). The van der Waals surface area contributed by atoms with Crippen LogP contribution in [-0.2, 0) is 19.1 Å². The minimum Gasteiger partial charge on any atom is -0.481 e. The summed E-state index contributed by atoms with van der Waals surface area (Å²) in [6, 6.07) is 0. The number of Topliss-reactive ketones (excluding diaryl/α,β-unsaturated/α-hetero) is 1. The fourth-order valence-corrected chi connectivity index (χ4v) is 10.5. The van der Waals surface area contributed by atoms with Gasteiger partial charge < -0.3 is 14.9 Å². The molecule has 1 aliphatic heterocycles. The van der Waals surface area contributed by atoms with Crippen molar-refractivity contribution in [1.82, 2.24) is 0 Å². The van der Waals surface area contributed by atoms with Crippen LogP contribution in [0.1, 0.15) is 78.6 Å². The number of rotatable bonds is 2. The number of ether oxygens (including phenoxy) is 1. The molecule has 11 atom stereocenters. The molecule has 0 aromatic carbocycles. The van der Waals surface area contributed by atoms with Gasteiger partial charge in [0.05, 0.1) is 11.8 Å². The number of esters is 1. The molecule has 1 saturated heterocycles. The van der Waals surface area contributed by atoms with Crippen molar-refractivity contribution in [2.75, 3.05) is 0 Å². The maximum Gasteiger partial charge on any atom is 0.341 e. The smallest absolute Gasteiger partial charge is 0.341 e. The minimum absolute atomic E-state index is 0.00349. The van der Waals surface area contributed by atoms with Gasteiger partial charge in [0, 0.05) is 12.3 Å². The van der Waals surface area contributed by atoms with E-state index in [2.05, 4.69) is 13.8 Å². The van der Waals surface area contributed by atoms with Gasteiger partial charge in [0.25, 0.3) is 0 Å². The molecule has 2 N–H and O–H groups in total. The van der Waals surface area contributed by atoms with Gasteiger partial charge >= 0.3 is 11.9 Å². The van der Waals surface area contributed by atoms with Crippen molar-refractivity contribution < 1.29 is 29.3 Å². The molecule has 6 nitrogen and oxygen atoms in total. The van der Waals surface area contributed by atoms with Crippen molar-refractivity contribution in [2.24, 2.45) is 57.7 Å². The van der Waals surface area contributed by atoms with Gasteiger partial charge in [-0.2, -0.15) is 0 Å². The lowest BCUT2D eigenvalue weighted by atomic mass is 9.44. The second kappa shape index (κ2) is 7.18. The van der Waals surface area contributed by atoms with Crippen LogP contribution in [0.15, 0.2) is 11.8 Å². The normalized spacial score (nSPS) is 53.6. The summed E-state index contributed by atoms with van der Waals surface area (Å²) in [6.07, 6.45) is 8.75. The van der Waals surface area contributed by atoms with Crippen molar-refractivity contribution in [3.63, 3.8) is 0 Å². The number of carboxylic acid groups (broad SMARTS) is 1. The lowest BCUT2D eigenvalue weighted by Gasteiger charge is -2.60. The second-order valence-electron chi connectivity index (χ2n) is 13.2. The molecular weight excluding hydrogens is 432 g/mol. The van der Waals surface area contributed by atoms with Gasteiger partial charge in [-0.1, -0.05) is 26.7 Å². The number of allylic oxidation sites excluding steroid dienone is 1. The van der Waals surface area contributed by atoms with E-state index in [-0.39, 0.29) is 40.9 Å². The molecule has 0 amide bonds. The topological polar surface area (TPSA) is 101 Å². The first kappa shape index (κ1) is 22.8. The number of hydrogen-bond acceptors (Lipinski definition) is 5. The average Bonchev–Trinajstić information content (AvgIpc) is 3.21. The van der Waals surface area contributed by atoms with Crippen LogP contribution in [0.3, 0.4) is 0 Å². The predicted octanol–water partition coefficient (Wildman–Crippen LogP) is 4.35. The summed E-state index contributed by atoms with van der Waals surface area (Å²) in [6.45, 7) is 6.63. The number of fused-ring (bicyclic) bond motifs is 9. The highest BCUT2D eigenvalue weighted by Gasteiger charge is 2.70. The van der Waals surface area contributed by atoms with Crippen molar-refractivity contribution in [3.8, 4) is 0 Å². The Hall–Kier alpha value is -1.69. The van der Waals surface area contributed by atoms with E-state index in [0.29, 0.717) is 35.7 Å². The van der Waals surface area contributed by atoms with Crippen molar-refractivity contribution in [2.45, 2.75) is 84.7 Å². The molecule has 0 bridgehead atoms. The summed E-state index contributed by atoms with van der Waals surface area (Å²) < 4.78 is 5.52. The van der Waals surface area contributed by atoms with Gasteiger partial charge in [0.1, 0.15) is 11.5 Å². The molecule has 6 aliphatic rings. The minimum atomic E-state index is -1.22. The third-order valence-electron chi connectivity index (χ3n) is 12.0. The molecular formula is C28H38O6. The number of ketones is 1. The number of carboxylic acids is 1. The van der Waals surface area contributed by atoms with Crippen molar-refractivity contribution in [1.29, 1.82) is 0 Å². The van der Waals surface area contributed by atoms with Crippen molar-refractivity contribution in [3.05, 3.63) is 11.8 Å². The summed E-state index contributed by atoms with van der Waals surface area (Å²) in [5.74, 6) is 0.571. The van der Waals surface area contributed by atoms with Crippen LogP contribution in [0, 0.1) is 57.7 Å². The van der Waals surface area contributed by atoms with Crippen LogP contribution in [0.4, 0.5) is 0 Å².